The van der Waals surface area contributed by atoms with Gasteiger partial charge in [0.1, 0.15) is 11.6 Å². The van der Waals surface area contributed by atoms with E-state index in [2.05, 4.69) is 54.9 Å². The molecule has 0 unspecified atom stereocenters. The lowest BCUT2D eigenvalue weighted by atomic mass is 10.0. The quantitative estimate of drug-likeness (QED) is 0.307. The summed E-state index contributed by atoms with van der Waals surface area (Å²) >= 11 is 0. The van der Waals surface area contributed by atoms with E-state index >= 15 is 0 Å². The molecular weight excluding hydrogens is 422 g/mol. The van der Waals surface area contributed by atoms with E-state index in [0.29, 0.717) is 24.6 Å². The average Bonchev–Trinajstić information content (AvgIpc) is 3.17. The topological polar surface area (TPSA) is 56.2 Å². The summed E-state index contributed by atoms with van der Waals surface area (Å²) in [7, 11) is 0. The largest absolute Gasteiger partial charge is 0.493 e. The van der Waals surface area contributed by atoms with E-state index in [-0.39, 0.29) is 5.91 Å². The van der Waals surface area contributed by atoms with Crippen LogP contribution < -0.4 is 10.1 Å². The minimum atomic E-state index is -0.0914. The number of fused-ring (bicyclic) bond motifs is 1. The average molecular weight is 456 g/mol. The van der Waals surface area contributed by atoms with Gasteiger partial charge in [-0.1, -0.05) is 55.8 Å². The van der Waals surface area contributed by atoms with Gasteiger partial charge in [0.05, 0.1) is 24.2 Å². The maximum Gasteiger partial charge on any atom is 0.251 e. The van der Waals surface area contributed by atoms with Gasteiger partial charge < -0.3 is 14.6 Å². The number of hydrogen-bond acceptors (Lipinski definition) is 3. The number of nitrogens with zero attached hydrogens (tertiary/aromatic N) is 2. The zero-order valence-electron chi connectivity index (χ0n) is 20.5. The summed E-state index contributed by atoms with van der Waals surface area (Å²) in [5.41, 5.74) is 6.17. The van der Waals surface area contributed by atoms with Crippen LogP contribution in [-0.4, -0.2) is 22.1 Å². The number of amides is 1. The number of imidazole rings is 1. The number of hydrogen-bond donors (Lipinski definition) is 1. The molecule has 0 bridgehead atoms. The summed E-state index contributed by atoms with van der Waals surface area (Å²) in [5, 5.41) is 3.03. The summed E-state index contributed by atoms with van der Waals surface area (Å²) in [6.07, 6.45) is 0.838. The van der Waals surface area contributed by atoms with Crippen LogP contribution in [0.1, 0.15) is 59.1 Å². The SMILES string of the molecule is Cc1cccc(C(=O)NCc2nc3ccccc3n2CCCOc2cc(C)ccc2C(C)C)c1. The summed E-state index contributed by atoms with van der Waals surface area (Å²) in [4.78, 5) is 17.4. The lowest BCUT2D eigenvalue weighted by Gasteiger charge is -2.15. The minimum Gasteiger partial charge on any atom is -0.493 e. The summed E-state index contributed by atoms with van der Waals surface area (Å²) in [6, 6.07) is 22.1. The molecule has 1 aromatic heterocycles. The van der Waals surface area contributed by atoms with Crippen molar-refractivity contribution in [3.63, 3.8) is 0 Å². The second kappa shape index (κ2) is 10.6. The molecule has 0 atom stereocenters. The molecule has 4 aromatic rings. The maximum atomic E-state index is 12.7. The van der Waals surface area contributed by atoms with Crippen LogP contribution in [0.4, 0.5) is 0 Å². The lowest BCUT2D eigenvalue weighted by molar-refractivity contribution is 0.0949. The molecule has 34 heavy (non-hydrogen) atoms. The smallest absolute Gasteiger partial charge is 0.251 e. The highest BCUT2D eigenvalue weighted by Gasteiger charge is 2.13. The van der Waals surface area contributed by atoms with Gasteiger partial charge >= 0.3 is 0 Å². The number of nitrogens with one attached hydrogen (secondary N) is 1. The van der Waals surface area contributed by atoms with E-state index in [0.717, 1.165) is 41.1 Å². The van der Waals surface area contributed by atoms with Crippen molar-refractivity contribution < 1.29 is 9.53 Å². The molecule has 0 aliphatic rings. The van der Waals surface area contributed by atoms with E-state index in [1.165, 1.54) is 11.1 Å². The van der Waals surface area contributed by atoms with Gasteiger partial charge in [-0.15, -0.1) is 0 Å². The molecule has 4 rings (SSSR count). The predicted molar refractivity (Wildman–Crippen MR) is 137 cm³/mol. The molecule has 5 heteroatoms. The van der Waals surface area contributed by atoms with Crippen LogP contribution in [0.25, 0.3) is 11.0 Å². The highest BCUT2D eigenvalue weighted by atomic mass is 16.5. The highest BCUT2D eigenvalue weighted by Crippen LogP contribution is 2.27. The third-order valence-electron chi connectivity index (χ3n) is 6.00. The number of aryl methyl sites for hydroxylation is 3. The van der Waals surface area contributed by atoms with Crippen molar-refractivity contribution in [3.05, 3.63) is 94.8 Å². The van der Waals surface area contributed by atoms with Crippen molar-refractivity contribution in [2.75, 3.05) is 6.61 Å². The van der Waals surface area contributed by atoms with Crippen LogP contribution in [0.15, 0.2) is 66.7 Å². The second-order valence-corrected chi connectivity index (χ2v) is 9.12. The molecule has 1 amide bonds. The summed E-state index contributed by atoms with van der Waals surface area (Å²) in [5.74, 6) is 2.14. The molecule has 176 valence electrons. The predicted octanol–water partition coefficient (Wildman–Crippen LogP) is 6.18. The highest BCUT2D eigenvalue weighted by molar-refractivity contribution is 5.94. The monoisotopic (exact) mass is 455 g/mol. The van der Waals surface area contributed by atoms with Gasteiger partial charge in [-0.25, -0.2) is 4.98 Å². The van der Waals surface area contributed by atoms with Crippen molar-refractivity contribution in [2.24, 2.45) is 0 Å². The third-order valence-corrected chi connectivity index (χ3v) is 6.00. The first-order chi connectivity index (χ1) is 16.4. The van der Waals surface area contributed by atoms with Crippen molar-refractivity contribution in [1.82, 2.24) is 14.9 Å². The first-order valence-corrected chi connectivity index (χ1v) is 11.9. The number of aromatic nitrogens is 2. The fourth-order valence-electron chi connectivity index (χ4n) is 4.21. The molecule has 0 saturated carbocycles. The maximum absolute atomic E-state index is 12.7. The van der Waals surface area contributed by atoms with Crippen LogP contribution >= 0.6 is 0 Å². The Morgan fingerprint density at radius 1 is 1.00 bits per heavy atom. The van der Waals surface area contributed by atoms with Crippen LogP contribution in [0.3, 0.4) is 0 Å². The molecule has 0 saturated heterocycles. The Balaban J connectivity index is 1.44. The number of rotatable bonds is 9. The number of ether oxygens (including phenoxy) is 1. The van der Waals surface area contributed by atoms with Gasteiger partial charge in [0.15, 0.2) is 0 Å². The number of carbonyl (C=O) groups is 1. The zero-order chi connectivity index (χ0) is 24.1. The van der Waals surface area contributed by atoms with Gasteiger partial charge in [-0.05, 0) is 67.6 Å². The Morgan fingerprint density at radius 3 is 2.59 bits per heavy atom. The fourth-order valence-corrected chi connectivity index (χ4v) is 4.21. The molecule has 1 N–H and O–H groups in total. The summed E-state index contributed by atoms with van der Waals surface area (Å²) < 4.78 is 8.38. The van der Waals surface area contributed by atoms with E-state index in [1.807, 2.05) is 49.4 Å². The molecule has 3 aromatic carbocycles. The number of para-hydroxylation sites is 2. The Kier molecular flexibility index (Phi) is 7.31. The fraction of sp³-hybridized carbons (Fsp3) is 0.310. The van der Waals surface area contributed by atoms with Crippen LogP contribution in [-0.2, 0) is 13.1 Å². The Labute approximate surface area is 201 Å². The van der Waals surface area contributed by atoms with E-state index in [9.17, 15) is 4.79 Å². The van der Waals surface area contributed by atoms with E-state index in [4.69, 9.17) is 9.72 Å². The number of carbonyl (C=O) groups excluding carboxylic acids is 1. The van der Waals surface area contributed by atoms with Crippen molar-refractivity contribution in [1.29, 1.82) is 0 Å². The van der Waals surface area contributed by atoms with Gasteiger partial charge in [0.25, 0.3) is 5.91 Å². The number of benzene rings is 3. The first kappa shape index (κ1) is 23.6. The summed E-state index contributed by atoms with van der Waals surface area (Å²) in [6.45, 7) is 10.2. The van der Waals surface area contributed by atoms with Crippen LogP contribution in [0.2, 0.25) is 0 Å². The van der Waals surface area contributed by atoms with Gasteiger partial charge in [0.2, 0.25) is 0 Å². The Bertz CT molecular complexity index is 1290. The van der Waals surface area contributed by atoms with Crippen LogP contribution in [0, 0.1) is 13.8 Å². The van der Waals surface area contributed by atoms with Crippen LogP contribution in [0.5, 0.6) is 5.75 Å². The van der Waals surface area contributed by atoms with Crippen molar-refractivity contribution in [3.8, 4) is 5.75 Å². The van der Waals surface area contributed by atoms with Gasteiger partial charge in [-0.2, -0.15) is 0 Å². The standard InChI is InChI=1S/C29H33N3O2/c1-20(2)24-14-13-22(4)18-27(24)34-16-8-15-32-26-12-6-5-11-25(26)31-28(32)19-30-29(33)23-10-7-9-21(3)17-23/h5-7,9-14,17-18,20H,8,15-16,19H2,1-4H3,(H,30,33). The molecule has 0 spiro atoms. The molecule has 5 nitrogen and oxygen atoms in total. The molecule has 1 heterocycles. The van der Waals surface area contributed by atoms with Gasteiger partial charge in [0, 0.05) is 12.1 Å². The molecule has 0 aliphatic heterocycles. The van der Waals surface area contributed by atoms with Gasteiger partial charge in [-0.3, -0.25) is 4.79 Å². The molecule has 0 radical (unpaired) electrons. The normalized spacial score (nSPS) is 11.2. The van der Waals surface area contributed by atoms with E-state index < -0.39 is 0 Å². The molecule has 0 fully saturated rings. The van der Waals surface area contributed by atoms with Crippen molar-refractivity contribution in [2.45, 2.75) is 53.1 Å². The zero-order valence-corrected chi connectivity index (χ0v) is 20.5. The Hall–Kier alpha value is -3.60. The van der Waals surface area contributed by atoms with E-state index in [1.54, 1.807) is 0 Å². The first-order valence-electron chi connectivity index (χ1n) is 11.9. The van der Waals surface area contributed by atoms with Crippen molar-refractivity contribution >= 4 is 16.9 Å². The second-order valence-electron chi connectivity index (χ2n) is 9.12. The molecule has 0 aliphatic carbocycles. The third kappa shape index (κ3) is 5.48. The molecular formula is C29H33N3O2. The minimum absolute atomic E-state index is 0.0914. The lowest BCUT2D eigenvalue weighted by Crippen LogP contribution is -2.25. The Morgan fingerprint density at radius 2 is 1.79 bits per heavy atom.